The van der Waals surface area contributed by atoms with Crippen molar-refractivity contribution in [3.63, 3.8) is 0 Å². The Morgan fingerprint density at radius 1 is 1.31 bits per heavy atom. The van der Waals surface area contributed by atoms with Crippen LogP contribution >= 0.6 is 0 Å². The fraction of sp³-hybridized carbons (Fsp3) is 0.478. The number of esters is 1. The van der Waals surface area contributed by atoms with Gasteiger partial charge in [-0.2, -0.15) is 13.2 Å². The zero-order valence-electron chi connectivity index (χ0n) is 17.8. The van der Waals surface area contributed by atoms with Crippen molar-refractivity contribution in [1.29, 1.82) is 0 Å². The number of rotatable bonds is 7. The van der Waals surface area contributed by atoms with E-state index in [2.05, 4.69) is 10.2 Å². The Hall–Kier alpha value is -2.86. The quantitative estimate of drug-likeness (QED) is 0.346. The van der Waals surface area contributed by atoms with E-state index in [-0.39, 0.29) is 42.4 Å². The van der Waals surface area contributed by atoms with Crippen LogP contribution in [0.5, 0.6) is 0 Å². The standard InChI is InChI=1S/C23H24F4N2O3/c1-13-21(28-2)19(16-8-7-15(24)11-17(16)23(25,26)27)20(18(29-13)9-10-31-3)22(30)32-12-14-5-4-6-14/h7-8,11,14,19,29H,4-6,9-10,12H2,1,3H3. The van der Waals surface area contributed by atoms with Crippen LogP contribution in [0.1, 0.15) is 49.7 Å². The summed E-state index contributed by atoms with van der Waals surface area (Å²) in [5, 5.41) is 2.98. The maximum Gasteiger partial charge on any atom is 0.416 e. The molecule has 0 radical (unpaired) electrons. The van der Waals surface area contributed by atoms with E-state index in [4.69, 9.17) is 16.0 Å². The topological polar surface area (TPSA) is 51.9 Å². The monoisotopic (exact) mass is 452 g/mol. The van der Waals surface area contributed by atoms with E-state index >= 15 is 0 Å². The Bertz CT molecular complexity index is 988. The van der Waals surface area contributed by atoms with E-state index in [0.29, 0.717) is 17.5 Å². The molecule has 9 heteroatoms. The molecule has 1 aromatic carbocycles. The van der Waals surface area contributed by atoms with E-state index in [9.17, 15) is 22.4 Å². The van der Waals surface area contributed by atoms with E-state index in [0.717, 1.165) is 31.4 Å². The average molecular weight is 452 g/mol. The zero-order chi connectivity index (χ0) is 23.5. The minimum atomic E-state index is -4.88. The first-order valence-corrected chi connectivity index (χ1v) is 10.3. The summed E-state index contributed by atoms with van der Waals surface area (Å²) in [5.41, 5.74) is -1.08. The molecule has 0 amide bonds. The van der Waals surface area contributed by atoms with Crippen molar-refractivity contribution < 1.29 is 31.8 Å². The molecule has 1 aliphatic carbocycles. The van der Waals surface area contributed by atoms with Crippen molar-refractivity contribution in [3.8, 4) is 0 Å². The van der Waals surface area contributed by atoms with Gasteiger partial charge in [-0.3, -0.25) is 0 Å². The number of alkyl halides is 3. The summed E-state index contributed by atoms with van der Waals surface area (Å²) in [4.78, 5) is 16.6. The number of dihydropyridines is 1. The Balaban J connectivity index is 2.15. The number of carbonyl (C=O) groups excluding carboxylic acids is 1. The molecule has 0 saturated heterocycles. The van der Waals surface area contributed by atoms with Gasteiger partial charge in [0, 0.05) is 24.9 Å². The van der Waals surface area contributed by atoms with Gasteiger partial charge in [-0.15, -0.1) is 0 Å². The van der Waals surface area contributed by atoms with Crippen molar-refractivity contribution in [2.75, 3.05) is 20.3 Å². The van der Waals surface area contributed by atoms with Gasteiger partial charge in [0.2, 0.25) is 0 Å². The normalized spacial score (nSPS) is 19.3. The van der Waals surface area contributed by atoms with Crippen LogP contribution in [-0.2, 0) is 20.4 Å². The molecule has 0 spiro atoms. The van der Waals surface area contributed by atoms with Gasteiger partial charge in [-0.1, -0.05) is 12.5 Å². The molecule has 1 aliphatic heterocycles. The van der Waals surface area contributed by atoms with Crippen molar-refractivity contribution in [1.82, 2.24) is 5.32 Å². The molecule has 1 aromatic rings. The predicted molar refractivity (Wildman–Crippen MR) is 108 cm³/mol. The fourth-order valence-corrected chi connectivity index (χ4v) is 3.94. The van der Waals surface area contributed by atoms with Gasteiger partial charge in [0.25, 0.3) is 0 Å². The second kappa shape index (κ2) is 9.74. The molecule has 1 atom stereocenters. The lowest BCUT2D eigenvalue weighted by Gasteiger charge is -2.32. The highest BCUT2D eigenvalue weighted by molar-refractivity contribution is 5.93. The lowest BCUT2D eigenvalue weighted by molar-refractivity contribution is -0.142. The number of nitrogens with zero attached hydrogens (tertiary/aromatic N) is 1. The number of hydrogen-bond donors (Lipinski definition) is 1. The maximum atomic E-state index is 13.8. The number of methoxy groups -OCH3 is 1. The second-order valence-electron chi connectivity index (χ2n) is 7.94. The average Bonchev–Trinajstić information content (AvgIpc) is 2.69. The highest BCUT2D eigenvalue weighted by Gasteiger charge is 2.42. The minimum absolute atomic E-state index is 0.0705. The molecule has 5 nitrogen and oxygen atoms in total. The number of carbonyl (C=O) groups is 1. The van der Waals surface area contributed by atoms with E-state index in [1.807, 2.05) is 0 Å². The minimum Gasteiger partial charge on any atom is -0.462 e. The highest BCUT2D eigenvalue weighted by atomic mass is 19.4. The SMILES string of the molecule is [C-]#[N+]C1=C(C)NC(CCOC)=C(C(=O)OCC2CCC2)C1c1ccc(F)cc1C(F)(F)F. The Kier molecular flexibility index (Phi) is 7.24. The molecule has 1 heterocycles. The highest BCUT2D eigenvalue weighted by Crippen LogP contribution is 2.45. The third-order valence-corrected chi connectivity index (χ3v) is 5.81. The van der Waals surface area contributed by atoms with Crippen LogP contribution < -0.4 is 5.32 Å². The summed E-state index contributed by atoms with van der Waals surface area (Å²) < 4.78 is 65.8. The third-order valence-electron chi connectivity index (χ3n) is 5.81. The van der Waals surface area contributed by atoms with Gasteiger partial charge in [0.1, 0.15) is 5.82 Å². The Morgan fingerprint density at radius 3 is 2.59 bits per heavy atom. The van der Waals surface area contributed by atoms with Gasteiger partial charge in [0.15, 0.2) is 5.70 Å². The van der Waals surface area contributed by atoms with Gasteiger partial charge in [-0.25, -0.2) is 14.0 Å². The van der Waals surface area contributed by atoms with E-state index < -0.39 is 29.4 Å². The van der Waals surface area contributed by atoms with Crippen LogP contribution in [0.15, 0.2) is 40.9 Å². The number of hydrogen-bond acceptors (Lipinski definition) is 4. The summed E-state index contributed by atoms with van der Waals surface area (Å²) in [5.74, 6) is -2.96. The molecule has 1 unspecified atom stereocenters. The molecule has 0 aromatic heterocycles. The second-order valence-corrected chi connectivity index (χ2v) is 7.94. The summed E-state index contributed by atoms with van der Waals surface area (Å²) >= 11 is 0. The number of nitrogens with one attached hydrogen (secondary N) is 1. The summed E-state index contributed by atoms with van der Waals surface area (Å²) in [6.45, 7) is 9.51. The molecular formula is C23H24F4N2O3. The van der Waals surface area contributed by atoms with Gasteiger partial charge < -0.3 is 14.8 Å². The van der Waals surface area contributed by atoms with Gasteiger partial charge in [-0.05, 0) is 43.4 Å². The van der Waals surface area contributed by atoms with Crippen molar-refractivity contribution in [2.45, 2.75) is 44.7 Å². The smallest absolute Gasteiger partial charge is 0.416 e. The Morgan fingerprint density at radius 2 is 2.03 bits per heavy atom. The summed E-state index contributed by atoms with van der Waals surface area (Å²) in [7, 11) is 1.46. The maximum absolute atomic E-state index is 13.8. The lowest BCUT2D eigenvalue weighted by Crippen LogP contribution is -2.32. The predicted octanol–water partition coefficient (Wildman–Crippen LogP) is 5.32. The third kappa shape index (κ3) is 4.96. The fourth-order valence-electron chi connectivity index (χ4n) is 3.94. The van der Waals surface area contributed by atoms with Crippen LogP contribution in [0.2, 0.25) is 0 Å². The van der Waals surface area contributed by atoms with Crippen LogP contribution in [0.4, 0.5) is 17.6 Å². The van der Waals surface area contributed by atoms with Crippen molar-refractivity contribution in [2.24, 2.45) is 5.92 Å². The zero-order valence-corrected chi connectivity index (χ0v) is 17.8. The lowest BCUT2D eigenvalue weighted by atomic mass is 9.81. The molecule has 1 N–H and O–H groups in total. The number of halogens is 4. The molecule has 0 bridgehead atoms. The van der Waals surface area contributed by atoms with Crippen LogP contribution in [-0.4, -0.2) is 26.3 Å². The van der Waals surface area contributed by atoms with Crippen LogP contribution in [0, 0.1) is 18.3 Å². The molecule has 1 fully saturated rings. The molecule has 32 heavy (non-hydrogen) atoms. The number of benzene rings is 1. The van der Waals surface area contributed by atoms with Gasteiger partial charge >= 0.3 is 12.1 Å². The first-order valence-electron chi connectivity index (χ1n) is 10.3. The van der Waals surface area contributed by atoms with Crippen LogP contribution in [0.3, 0.4) is 0 Å². The van der Waals surface area contributed by atoms with Crippen molar-refractivity contribution in [3.05, 3.63) is 69.2 Å². The summed E-state index contributed by atoms with van der Waals surface area (Å²) in [6, 6.07) is 2.27. The van der Waals surface area contributed by atoms with Crippen LogP contribution in [0.25, 0.3) is 4.85 Å². The molecule has 2 aliphatic rings. The molecule has 1 saturated carbocycles. The van der Waals surface area contributed by atoms with Crippen molar-refractivity contribution >= 4 is 5.97 Å². The molecule has 3 rings (SSSR count). The Labute approximate surface area is 183 Å². The first-order chi connectivity index (χ1) is 15.2. The number of ether oxygens (including phenoxy) is 2. The molecular weight excluding hydrogens is 428 g/mol. The largest absolute Gasteiger partial charge is 0.462 e. The summed E-state index contributed by atoms with van der Waals surface area (Å²) in [6.07, 6.45) is -1.79. The number of allylic oxidation sites excluding steroid dienone is 2. The molecule has 172 valence electrons. The van der Waals surface area contributed by atoms with E-state index in [1.54, 1.807) is 6.92 Å². The van der Waals surface area contributed by atoms with E-state index in [1.165, 1.54) is 7.11 Å². The first kappa shape index (κ1) is 23.8. The van der Waals surface area contributed by atoms with Gasteiger partial charge in [0.05, 0.1) is 36.8 Å².